The van der Waals surface area contributed by atoms with E-state index in [1.165, 1.54) is 10.9 Å². The Morgan fingerprint density at radius 3 is 2.63 bits per heavy atom. The number of benzene rings is 1. The van der Waals surface area contributed by atoms with E-state index in [0.29, 0.717) is 5.69 Å². The summed E-state index contributed by atoms with van der Waals surface area (Å²) in [7, 11) is -2.12. The summed E-state index contributed by atoms with van der Waals surface area (Å²) in [5.41, 5.74) is 7.05. The van der Waals surface area contributed by atoms with Crippen LogP contribution in [0.2, 0.25) is 0 Å². The fourth-order valence-corrected chi connectivity index (χ4v) is 3.09. The average Bonchev–Trinajstić information content (AvgIpc) is 2.63. The molecule has 3 N–H and O–H groups in total. The standard InChI is InChI=1S/C11H13BrN4O2S/c1-7-3-4-8(5-9(7)12)15-19(17,18)10-6-16(2)14-11(10)13/h3-6,15H,1-2H3,(H2,13,14). The summed E-state index contributed by atoms with van der Waals surface area (Å²) >= 11 is 3.35. The summed E-state index contributed by atoms with van der Waals surface area (Å²) < 4.78 is 29.0. The normalized spacial score (nSPS) is 11.5. The van der Waals surface area contributed by atoms with Gasteiger partial charge in [-0.1, -0.05) is 22.0 Å². The molecule has 0 fully saturated rings. The van der Waals surface area contributed by atoms with Crippen molar-refractivity contribution in [2.45, 2.75) is 11.8 Å². The van der Waals surface area contributed by atoms with Crippen LogP contribution >= 0.6 is 15.9 Å². The van der Waals surface area contributed by atoms with Gasteiger partial charge in [0.05, 0.1) is 0 Å². The Morgan fingerprint density at radius 2 is 2.11 bits per heavy atom. The van der Waals surface area contributed by atoms with Gasteiger partial charge < -0.3 is 5.73 Å². The van der Waals surface area contributed by atoms with Gasteiger partial charge in [-0.15, -0.1) is 0 Å². The maximum Gasteiger partial charge on any atom is 0.267 e. The van der Waals surface area contributed by atoms with E-state index in [0.717, 1.165) is 10.0 Å². The van der Waals surface area contributed by atoms with Crippen molar-refractivity contribution >= 4 is 37.5 Å². The van der Waals surface area contributed by atoms with Gasteiger partial charge in [0, 0.05) is 23.4 Å². The molecule has 0 bridgehead atoms. The lowest BCUT2D eigenvalue weighted by atomic mass is 10.2. The summed E-state index contributed by atoms with van der Waals surface area (Å²) in [4.78, 5) is -0.0355. The lowest BCUT2D eigenvalue weighted by molar-refractivity contribution is 0.601. The minimum atomic E-state index is -3.73. The molecular weight excluding hydrogens is 332 g/mol. The largest absolute Gasteiger partial charge is 0.381 e. The predicted octanol–water partition coefficient (Wildman–Crippen LogP) is 1.87. The number of rotatable bonds is 3. The van der Waals surface area contributed by atoms with Crippen LogP contribution in [0.1, 0.15) is 5.56 Å². The summed E-state index contributed by atoms with van der Waals surface area (Å²) in [6.45, 7) is 1.92. The third kappa shape index (κ3) is 2.90. The molecule has 1 heterocycles. The van der Waals surface area contributed by atoms with E-state index in [4.69, 9.17) is 5.73 Å². The monoisotopic (exact) mass is 344 g/mol. The molecule has 0 radical (unpaired) electrons. The van der Waals surface area contributed by atoms with Crippen molar-refractivity contribution in [1.82, 2.24) is 9.78 Å². The molecule has 0 saturated carbocycles. The third-order valence-electron chi connectivity index (χ3n) is 2.54. The Bertz CT molecular complexity index is 724. The molecule has 0 spiro atoms. The molecule has 0 atom stereocenters. The fraction of sp³-hybridized carbons (Fsp3) is 0.182. The molecule has 0 aliphatic rings. The van der Waals surface area contributed by atoms with Gasteiger partial charge >= 0.3 is 0 Å². The number of aryl methyl sites for hydroxylation is 2. The third-order valence-corrected chi connectivity index (χ3v) is 4.79. The smallest absolute Gasteiger partial charge is 0.267 e. The Hall–Kier alpha value is -1.54. The van der Waals surface area contributed by atoms with Gasteiger partial charge in [-0.25, -0.2) is 8.42 Å². The Labute approximate surface area is 119 Å². The van der Waals surface area contributed by atoms with Crippen molar-refractivity contribution in [2.24, 2.45) is 7.05 Å². The van der Waals surface area contributed by atoms with Gasteiger partial charge in [0.15, 0.2) is 5.82 Å². The van der Waals surface area contributed by atoms with Crippen molar-refractivity contribution < 1.29 is 8.42 Å². The molecule has 19 heavy (non-hydrogen) atoms. The van der Waals surface area contributed by atoms with Gasteiger partial charge in [-0.2, -0.15) is 5.10 Å². The van der Waals surface area contributed by atoms with Crippen LogP contribution < -0.4 is 10.5 Å². The first-order valence-corrected chi connectivity index (χ1v) is 7.65. The number of nitrogens with two attached hydrogens (primary N) is 1. The Kier molecular flexibility index (Phi) is 3.55. The number of hydrogen-bond donors (Lipinski definition) is 2. The van der Waals surface area contributed by atoms with Crippen molar-refractivity contribution in [3.05, 3.63) is 34.4 Å². The quantitative estimate of drug-likeness (QED) is 0.889. The maximum absolute atomic E-state index is 12.2. The molecule has 2 aromatic rings. The highest BCUT2D eigenvalue weighted by molar-refractivity contribution is 9.10. The van der Waals surface area contributed by atoms with Crippen LogP contribution in [0.5, 0.6) is 0 Å². The number of aromatic nitrogens is 2. The second-order valence-corrected chi connectivity index (χ2v) is 6.63. The molecule has 0 saturated heterocycles. The Balaban J connectivity index is 2.36. The number of halogens is 1. The van der Waals surface area contributed by atoms with Crippen molar-refractivity contribution in [3.63, 3.8) is 0 Å². The Morgan fingerprint density at radius 1 is 1.42 bits per heavy atom. The second-order valence-electron chi connectivity index (χ2n) is 4.12. The number of anilines is 2. The summed E-state index contributed by atoms with van der Waals surface area (Å²) in [6.07, 6.45) is 1.36. The van der Waals surface area contributed by atoms with Crippen LogP contribution in [0.3, 0.4) is 0 Å². The molecule has 102 valence electrons. The number of nitrogens with zero attached hydrogens (tertiary/aromatic N) is 2. The lowest BCUT2D eigenvalue weighted by Gasteiger charge is -2.08. The molecule has 6 nitrogen and oxygen atoms in total. The molecule has 0 aliphatic carbocycles. The first kappa shape index (κ1) is 13.9. The molecule has 8 heteroatoms. The molecule has 0 unspecified atom stereocenters. The van der Waals surface area contributed by atoms with E-state index in [1.807, 2.05) is 13.0 Å². The maximum atomic E-state index is 12.2. The number of sulfonamides is 1. The first-order chi connectivity index (χ1) is 8.79. The molecule has 1 aromatic carbocycles. The zero-order valence-electron chi connectivity index (χ0n) is 10.4. The van der Waals surface area contributed by atoms with Crippen LogP contribution in [0, 0.1) is 6.92 Å². The predicted molar refractivity (Wildman–Crippen MR) is 77.3 cm³/mol. The molecule has 1 aromatic heterocycles. The van der Waals surface area contributed by atoms with Crippen molar-refractivity contribution in [2.75, 3.05) is 10.5 Å². The van der Waals surface area contributed by atoms with Gasteiger partial charge in [-0.05, 0) is 24.6 Å². The summed E-state index contributed by atoms with van der Waals surface area (Å²) in [6, 6.07) is 5.19. The van der Waals surface area contributed by atoms with Gasteiger partial charge in [0.2, 0.25) is 0 Å². The van der Waals surface area contributed by atoms with Crippen LogP contribution in [-0.2, 0) is 17.1 Å². The van der Waals surface area contributed by atoms with E-state index >= 15 is 0 Å². The van der Waals surface area contributed by atoms with Gasteiger partial charge in [0.1, 0.15) is 4.90 Å². The van der Waals surface area contributed by atoms with E-state index in [-0.39, 0.29) is 10.7 Å². The van der Waals surface area contributed by atoms with Crippen molar-refractivity contribution in [3.8, 4) is 0 Å². The minimum Gasteiger partial charge on any atom is -0.381 e. The lowest BCUT2D eigenvalue weighted by Crippen LogP contribution is -2.14. The zero-order chi connectivity index (χ0) is 14.2. The highest BCUT2D eigenvalue weighted by Crippen LogP contribution is 2.24. The van der Waals surface area contributed by atoms with E-state index in [9.17, 15) is 8.42 Å². The van der Waals surface area contributed by atoms with Crippen LogP contribution in [0.25, 0.3) is 0 Å². The fourth-order valence-electron chi connectivity index (χ4n) is 1.56. The summed E-state index contributed by atoms with van der Waals surface area (Å²) in [5.74, 6) is -0.0267. The first-order valence-electron chi connectivity index (χ1n) is 5.37. The van der Waals surface area contributed by atoms with Crippen LogP contribution in [0.4, 0.5) is 11.5 Å². The summed E-state index contributed by atoms with van der Waals surface area (Å²) in [5, 5.41) is 3.82. The molecular formula is C11H13BrN4O2S. The van der Waals surface area contributed by atoms with Crippen LogP contribution in [-0.4, -0.2) is 18.2 Å². The van der Waals surface area contributed by atoms with E-state index < -0.39 is 10.0 Å². The number of hydrogen-bond acceptors (Lipinski definition) is 4. The second kappa shape index (κ2) is 4.86. The molecule has 2 rings (SSSR count). The molecule has 0 amide bonds. The van der Waals surface area contributed by atoms with Gasteiger partial charge in [0.25, 0.3) is 10.0 Å². The van der Waals surface area contributed by atoms with Gasteiger partial charge in [-0.3, -0.25) is 9.40 Å². The molecule has 0 aliphatic heterocycles. The van der Waals surface area contributed by atoms with Crippen molar-refractivity contribution in [1.29, 1.82) is 0 Å². The SMILES string of the molecule is Cc1ccc(NS(=O)(=O)c2cn(C)nc2N)cc1Br. The number of nitrogen functional groups attached to an aromatic ring is 1. The minimum absolute atomic E-state index is 0.0267. The number of nitrogens with one attached hydrogen (secondary N) is 1. The highest BCUT2D eigenvalue weighted by atomic mass is 79.9. The highest BCUT2D eigenvalue weighted by Gasteiger charge is 2.20. The average molecular weight is 345 g/mol. The topological polar surface area (TPSA) is 90.0 Å². The zero-order valence-corrected chi connectivity index (χ0v) is 12.8. The van der Waals surface area contributed by atoms with E-state index in [1.54, 1.807) is 19.2 Å². The van der Waals surface area contributed by atoms with E-state index in [2.05, 4.69) is 25.8 Å². The van der Waals surface area contributed by atoms with Crippen LogP contribution in [0.15, 0.2) is 33.8 Å².